The van der Waals surface area contributed by atoms with Gasteiger partial charge in [-0.05, 0) is 87.9 Å². The highest BCUT2D eigenvalue weighted by atomic mass is 16.5. The quantitative estimate of drug-likeness (QED) is 0.0865. The third-order valence-electron chi connectivity index (χ3n) is 9.39. The second-order valence-corrected chi connectivity index (χ2v) is 14.6. The van der Waals surface area contributed by atoms with Crippen molar-refractivity contribution in [3.05, 3.63) is 167 Å². The van der Waals surface area contributed by atoms with Crippen LogP contribution in [0.15, 0.2) is 145 Å². The lowest BCUT2D eigenvalue weighted by molar-refractivity contribution is -0.117. The third-order valence-corrected chi connectivity index (χ3v) is 9.39. The Kier molecular flexibility index (Phi) is 22.1. The highest BCUT2D eigenvalue weighted by molar-refractivity contribution is 6.00. The van der Waals surface area contributed by atoms with Gasteiger partial charge in [0, 0.05) is 30.9 Å². The van der Waals surface area contributed by atoms with Gasteiger partial charge >= 0.3 is 6.03 Å². The van der Waals surface area contributed by atoms with Gasteiger partial charge in [-0.25, -0.2) is 4.79 Å². The van der Waals surface area contributed by atoms with Gasteiger partial charge in [0.05, 0.1) is 24.4 Å². The summed E-state index contributed by atoms with van der Waals surface area (Å²) in [6.07, 6.45) is 25.5. The van der Waals surface area contributed by atoms with Crippen molar-refractivity contribution in [3.63, 3.8) is 0 Å². The Morgan fingerprint density at radius 1 is 0.864 bits per heavy atom. The molecule has 6 rings (SSSR count). The van der Waals surface area contributed by atoms with Crippen LogP contribution in [0.4, 0.5) is 10.5 Å². The molecule has 0 spiro atoms. The van der Waals surface area contributed by atoms with Crippen LogP contribution in [0, 0.1) is 5.41 Å². The SMILES string of the molecule is C.C1=CC=CCC=C1.CC.CC1=CC=CCC=C1.CC1C(OC(C)(C)CO)CCN(Cc2ccc(N)c(C(=N)N)c2)C(=O)N1Cc1cccc(OCc2ccccc2)c1. The summed E-state index contributed by atoms with van der Waals surface area (Å²) < 4.78 is 12.4. The van der Waals surface area contributed by atoms with Gasteiger partial charge in [0.2, 0.25) is 0 Å². The van der Waals surface area contributed by atoms with Crippen LogP contribution in [0.1, 0.15) is 90.5 Å². The fourth-order valence-electron chi connectivity index (χ4n) is 6.17. The number of hydrogen-bond acceptors (Lipinski definition) is 6. The molecule has 0 bridgehead atoms. The molecule has 1 fully saturated rings. The zero-order valence-electron chi connectivity index (χ0n) is 35.3. The van der Waals surface area contributed by atoms with E-state index in [1.54, 1.807) is 17.0 Å². The van der Waals surface area contributed by atoms with E-state index >= 15 is 0 Å². The fourth-order valence-corrected chi connectivity index (χ4v) is 6.17. The fraction of sp³-hybridized carbons (Fsp3) is 0.360. The van der Waals surface area contributed by atoms with E-state index in [1.807, 2.05) is 112 Å². The zero-order chi connectivity index (χ0) is 42.3. The van der Waals surface area contributed by atoms with E-state index in [-0.39, 0.29) is 38.0 Å². The summed E-state index contributed by atoms with van der Waals surface area (Å²) in [5.74, 6) is 0.613. The van der Waals surface area contributed by atoms with Gasteiger partial charge in [0.15, 0.2) is 0 Å². The van der Waals surface area contributed by atoms with Crippen molar-refractivity contribution in [2.24, 2.45) is 5.73 Å². The van der Waals surface area contributed by atoms with Gasteiger partial charge in [0.1, 0.15) is 18.2 Å². The summed E-state index contributed by atoms with van der Waals surface area (Å²) in [4.78, 5) is 17.7. The number of allylic oxidation sites excluding steroid dienone is 12. The molecule has 1 saturated heterocycles. The van der Waals surface area contributed by atoms with Crippen LogP contribution in [0.3, 0.4) is 0 Å². The number of nitrogens with one attached hydrogen (secondary N) is 1. The van der Waals surface area contributed by atoms with E-state index in [1.165, 1.54) is 5.57 Å². The van der Waals surface area contributed by atoms with E-state index in [0.29, 0.717) is 43.9 Å². The van der Waals surface area contributed by atoms with Crippen LogP contribution in [0.25, 0.3) is 0 Å². The number of rotatable bonds is 11. The van der Waals surface area contributed by atoms with Gasteiger partial charge in [-0.3, -0.25) is 5.41 Å². The number of aliphatic hydroxyl groups is 1. The summed E-state index contributed by atoms with van der Waals surface area (Å²) in [5, 5.41) is 17.7. The summed E-state index contributed by atoms with van der Waals surface area (Å²) in [5.41, 5.74) is 16.0. The number of hydrogen-bond donors (Lipinski definition) is 4. The number of nitrogens with zero attached hydrogens (tertiary/aromatic N) is 2. The Morgan fingerprint density at radius 3 is 2.19 bits per heavy atom. The summed E-state index contributed by atoms with van der Waals surface area (Å²) in [7, 11) is 0. The van der Waals surface area contributed by atoms with Crippen molar-refractivity contribution in [1.82, 2.24) is 9.80 Å². The van der Waals surface area contributed by atoms with Gasteiger partial charge in [-0.1, -0.05) is 142 Å². The molecule has 318 valence electrons. The van der Waals surface area contributed by atoms with Crippen molar-refractivity contribution in [3.8, 4) is 5.75 Å². The monoisotopic (exact) mass is 804 g/mol. The first-order valence-electron chi connectivity index (χ1n) is 20.3. The molecule has 0 aromatic heterocycles. The number of aliphatic hydroxyl groups excluding tert-OH is 1. The minimum atomic E-state index is -0.749. The number of nitrogen functional groups attached to an aromatic ring is 2. The molecule has 1 aliphatic heterocycles. The molecule has 2 atom stereocenters. The van der Waals surface area contributed by atoms with Gasteiger partial charge < -0.3 is 35.8 Å². The predicted molar refractivity (Wildman–Crippen MR) is 247 cm³/mol. The van der Waals surface area contributed by atoms with Crippen LogP contribution in [0.2, 0.25) is 0 Å². The number of carbonyl (C=O) groups is 1. The van der Waals surface area contributed by atoms with Gasteiger partial charge in [-0.2, -0.15) is 0 Å². The van der Waals surface area contributed by atoms with E-state index in [2.05, 4.69) is 61.6 Å². The number of amidine groups is 1. The minimum Gasteiger partial charge on any atom is -0.489 e. The first-order valence-corrected chi connectivity index (χ1v) is 20.3. The highest BCUT2D eigenvalue weighted by Gasteiger charge is 2.37. The summed E-state index contributed by atoms with van der Waals surface area (Å²) in [6.45, 7) is 13.3. The number of nitrogens with two attached hydrogens (primary N) is 2. The van der Waals surface area contributed by atoms with Crippen LogP contribution in [-0.4, -0.2) is 57.7 Å². The molecule has 9 nitrogen and oxygen atoms in total. The van der Waals surface area contributed by atoms with Crippen molar-refractivity contribution >= 4 is 17.6 Å². The Morgan fingerprint density at radius 2 is 1.51 bits per heavy atom. The molecule has 9 heteroatoms. The molecule has 0 saturated carbocycles. The second kappa shape index (κ2) is 26.4. The highest BCUT2D eigenvalue weighted by Crippen LogP contribution is 2.28. The van der Waals surface area contributed by atoms with Crippen LogP contribution in [0.5, 0.6) is 5.75 Å². The molecule has 3 aromatic rings. The van der Waals surface area contributed by atoms with Crippen molar-refractivity contribution < 1.29 is 19.4 Å². The largest absolute Gasteiger partial charge is 0.489 e. The molecule has 0 radical (unpaired) electrons. The Balaban J connectivity index is 0.000000551. The molecular weight excluding hydrogens is 735 g/mol. The number of anilines is 1. The molecule has 2 amide bonds. The number of benzene rings is 3. The first-order chi connectivity index (χ1) is 28.0. The number of amides is 2. The van der Waals surface area contributed by atoms with E-state index in [0.717, 1.165) is 35.3 Å². The molecule has 2 aliphatic carbocycles. The maximum Gasteiger partial charge on any atom is 0.320 e. The third kappa shape index (κ3) is 17.4. The molecule has 59 heavy (non-hydrogen) atoms. The van der Waals surface area contributed by atoms with Crippen LogP contribution >= 0.6 is 0 Å². The van der Waals surface area contributed by atoms with Crippen molar-refractivity contribution in [1.29, 1.82) is 5.41 Å². The smallest absolute Gasteiger partial charge is 0.320 e. The van der Waals surface area contributed by atoms with E-state index < -0.39 is 5.60 Å². The first kappa shape index (κ1) is 49.5. The zero-order valence-corrected chi connectivity index (χ0v) is 35.3. The lowest BCUT2D eigenvalue weighted by Crippen LogP contribution is -2.49. The van der Waals surface area contributed by atoms with Crippen molar-refractivity contribution in [2.45, 2.75) is 106 Å². The molecule has 6 N–H and O–H groups in total. The molecule has 1 heterocycles. The van der Waals surface area contributed by atoms with E-state index in [4.69, 9.17) is 26.4 Å². The maximum absolute atomic E-state index is 14.1. The maximum atomic E-state index is 14.1. The molecule has 2 unspecified atom stereocenters. The summed E-state index contributed by atoms with van der Waals surface area (Å²) in [6, 6.07) is 22.7. The average Bonchev–Trinajstić information content (AvgIpc) is 3.72. The Hall–Kier alpha value is -5.64. The van der Waals surface area contributed by atoms with Gasteiger partial charge in [0.25, 0.3) is 0 Å². The Labute approximate surface area is 354 Å². The molecule has 3 aromatic carbocycles. The summed E-state index contributed by atoms with van der Waals surface area (Å²) >= 11 is 0. The van der Waals surface area contributed by atoms with Crippen LogP contribution < -0.4 is 16.2 Å². The Bertz CT molecular complexity index is 1900. The standard InChI is InChI=1S/C32H41N5O4.C8H10.C7H8.C2H6.CH4/c1-22-29(41-32(2,3)21-38)14-15-36(18-25-12-13-28(33)27(17-25)30(34)35)31(39)37(22)19-24-10-7-11-26(16-24)40-20-23-8-5-4-6-9-23;1-8-6-4-2-3-5-7-8;1-2-4-6-7-5-3-1;1-2;/h4-13,16-17,22,29,38H,14-15,18-21,33H2,1-3H3,(H3,34,35);2,4-7H,3H2,1H3;1-6H,7H2;1-2H3;1H4. The second-order valence-electron chi connectivity index (χ2n) is 14.6. The number of carbonyl (C=O) groups excluding carboxylic acids is 1. The molecular formula is C50H69N5O4. The lowest BCUT2D eigenvalue weighted by Gasteiger charge is -2.36. The predicted octanol–water partition coefficient (Wildman–Crippen LogP) is 10.7. The average molecular weight is 804 g/mol. The lowest BCUT2D eigenvalue weighted by atomic mass is 10.0. The van der Waals surface area contributed by atoms with Crippen LogP contribution in [-0.2, 0) is 24.4 Å². The number of urea groups is 1. The number of ether oxygens (including phenoxy) is 2. The minimum absolute atomic E-state index is 0. The topological polar surface area (TPSA) is 138 Å². The molecule has 3 aliphatic rings. The van der Waals surface area contributed by atoms with Gasteiger partial charge in [-0.15, -0.1) is 0 Å². The van der Waals surface area contributed by atoms with Crippen molar-refractivity contribution in [2.75, 3.05) is 18.9 Å². The normalized spacial score (nSPS) is 16.9. The van der Waals surface area contributed by atoms with E-state index in [9.17, 15) is 9.90 Å².